The van der Waals surface area contributed by atoms with E-state index in [0.29, 0.717) is 0 Å². The molecule has 2 nitrogen and oxygen atoms in total. The van der Waals surface area contributed by atoms with E-state index < -0.39 is 8.56 Å². The number of para-hydroxylation sites is 1. The zero-order chi connectivity index (χ0) is 15.4. The second-order valence-electron chi connectivity index (χ2n) is 5.24. The van der Waals surface area contributed by atoms with Crippen molar-refractivity contribution in [3.8, 4) is 5.75 Å². The van der Waals surface area contributed by atoms with Crippen LogP contribution in [0, 0.1) is 6.92 Å². The van der Waals surface area contributed by atoms with Crippen LogP contribution in [0.5, 0.6) is 5.75 Å². The van der Waals surface area contributed by atoms with Gasteiger partial charge in [0.05, 0.1) is 0 Å². The van der Waals surface area contributed by atoms with E-state index in [2.05, 4.69) is 0 Å². The van der Waals surface area contributed by atoms with E-state index in [1.165, 1.54) is 0 Å². The molecule has 0 radical (unpaired) electrons. The number of benzene rings is 3. The lowest BCUT2D eigenvalue weighted by Gasteiger charge is -2.27. The summed E-state index contributed by atoms with van der Waals surface area (Å²) >= 11 is 0. The summed E-state index contributed by atoms with van der Waals surface area (Å²) in [7, 11) is -3.27. The van der Waals surface area contributed by atoms with Crippen LogP contribution in [0.1, 0.15) is 5.56 Å². The molecule has 0 saturated heterocycles. The van der Waals surface area contributed by atoms with Gasteiger partial charge in [0.1, 0.15) is 5.75 Å². The van der Waals surface area contributed by atoms with Crippen molar-refractivity contribution in [2.45, 2.75) is 6.92 Å². The molecule has 3 rings (SSSR count). The fourth-order valence-corrected chi connectivity index (χ4v) is 4.85. The molecule has 0 fully saturated rings. The standard InChI is InChI=1S/C19H18O2Si/c1-16-10-8-9-15-19(16)21-22(20,17-11-4-2-5-12-17)18-13-6-3-7-14-18/h2-15,20H,1H3. The highest BCUT2D eigenvalue weighted by molar-refractivity contribution is 6.92. The minimum absolute atomic E-state index is 0.726. The predicted octanol–water partition coefficient (Wildman–Crippen LogP) is 2.62. The van der Waals surface area contributed by atoms with Gasteiger partial charge in [0.15, 0.2) is 0 Å². The molecular formula is C19H18O2Si. The molecule has 0 aliphatic rings. The van der Waals surface area contributed by atoms with Crippen molar-refractivity contribution >= 4 is 18.9 Å². The molecule has 22 heavy (non-hydrogen) atoms. The molecule has 3 aromatic carbocycles. The van der Waals surface area contributed by atoms with Crippen molar-refractivity contribution in [2.75, 3.05) is 0 Å². The summed E-state index contributed by atoms with van der Waals surface area (Å²) in [5.74, 6) is 0.726. The highest BCUT2D eigenvalue weighted by Crippen LogP contribution is 2.19. The highest BCUT2D eigenvalue weighted by atomic mass is 28.4. The normalized spacial score (nSPS) is 11.2. The fraction of sp³-hybridized carbons (Fsp3) is 0.0526. The summed E-state index contributed by atoms with van der Waals surface area (Å²) in [5.41, 5.74) is 1.01. The molecule has 0 bridgehead atoms. The molecule has 0 aliphatic carbocycles. The summed E-state index contributed by atoms with van der Waals surface area (Å²) in [6.45, 7) is 1.99. The van der Waals surface area contributed by atoms with Crippen LogP contribution in [0.25, 0.3) is 0 Å². The van der Waals surface area contributed by atoms with Crippen LogP contribution in [0.2, 0.25) is 0 Å². The monoisotopic (exact) mass is 306 g/mol. The Labute approximate surface area is 131 Å². The van der Waals surface area contributed by atoms with E-state index in [4.69, 9.17) is 4.43 Å². The van der Waals surface area contributed by atoms with Crippen molar-refractivity contribution in [1.82, 2.24) is 0 Å². The second-order valence-corrected chi connectivity index (χ2v) is 7.89. The van der Waals surface area contributed by atoms with Gasteiger partial charge in [-0.1, -0.05) is 78.9 Å². The van der Waals surface area contributed by atoms with Gasteiger partial charge in [-0.25, -0.2) is 0 Å². The quantitative estimate of drug-likeness (QED) is 0.751. The number of aryl methyl sites for hydroxylation is 1. The van der Waals surface area contributed by atoms with Crippen molar-refractivity contribution in [3.63, 3.8) is 0 Å². The lowest BCUT2D eigenvalue weighted by molar-refractivity contribution is 0.408. The Kier molecular flexibility index (Phi) is 4.09. The molecule has 0 unspecified atom stereocenters. The Bertz CT molecular complexity index is 702. The number of hydrogen-bond donors (Lipinski definition) is 1. The van der Waals surface area contributed by atoms with Gasteiger partial charge in [0, 0.05) is 10.4 Å². The zero-order valence-corrected chi connectivity index (χ0v) is 13.4. The predicted molar refractivity (Wildman–Crippen MR) is 91.9 cm³/mol. The van der Waals surface area contributed by atoms with Crippen LogP contribution in [0.3, 0.4) is 0 Å². The summed E-state index contributed by atoms with van der Waals surface area (Å²) in [6.07, 6.45) is 0. The molecular weight excluding hydrogens is 288 g/mol. The van der Waals surface area contributed by atoms with Gasteiger partial charge in [-0.2, -0.15) is 0 Å². The summed E-state index contributed by atoms with van der Waals surface area (Å²) < 4.78 is 6.20. The van der Waals surface area contributed by atoms with Crippen molar-refractivity contribution < 1.29 is 9.22 Å². The molecule has 1 N–H and O–H groups in total. The van der Waals surface area contributed by atoms with Crippen molar-refractivity contribution in [2.24, 2.45) is 0 Å². The largest absolute Gasteiger partial charge is 0.514 e. The van der Waals surface area contributed by atoms with E-state index in [-0.39, 0.29) is 0 Å². The van der Waals surface area contributed by atoms with Gasteiger partial charge in [0.25, 0.3) is 0 Å². The van der Waals surface area contributed by atoms with E-state index >= 15 is 0 Å². The molecule has 0 heterocycles. The molecule has 3 aromatic rings. The summed E-state index contributed by atoms with van der Waals surface area (Å²) in [6, 6.07) is 27.1. The van der Waals surface area contributed by atoms with E-state index in [1.807, 2.05) is 91.9 Å². The van der Waals surface area contributed by atoms with Crippen molar-refractivity contribution in [1.29, 1.82) is 0 Å². The molecule has 0 aromatic heterocycles. The van der Waals surface area contributed by atoms with Gasteiger partial charge in [-0.05, 0) is 18.6 Å². The molecule has 0 amide bonds. The summed E-state index contributed by atoms with van der Waals surface area (Å²) in [5, 5.41) is 1.67. The first kappa shape index (κ1) is 14.6. The van der Waals surface area contributed by atoms with Crippen molar-refractivity contribution in [3.05, 3.63) is 90.5 Å². The van der Waals surface area contributed by atoms with Gasteiger partial charge >= 0.3 is 8.56 Å². The van der Waals surface area contributed by atoms with Gasteiger partial charge < -0.3 is 9.22 Å². The third-order valence-corrected chi connectivity index (χ3v) is 6.43. The molecule has 0 aliphatic heterocycles. The van der Waals surface area contributed by atoms with Gasteiger partial charge in [-0.15, -0.1) is 0 Å². The first-order valence-electron chi connectivity index (χ1n) is 7.28. The maximum atomic E-state index is 11.4. The fourth-order valence-electron chi connectivity index (χ4n) is 2.44. The molecule has 110 valence electrons. The smallest absolute Gasteiger partial charge is 0.466 e. The lowest BCUT2D eigenvalue weighted by Crippen LogP contribution is -2.63. The Hall–Kier alpha value is -2.36. The SMILES string of the molecule is Cc1ccccc1O[Si](O)(c1ccccc1)c1ccccc1. The first-order chi connectivity index (χ1) is 10.7. The third kappa shape index (κ3) is 2.82. The van der Waals surface area contributed by atoms with E-state index in [9.17, 15) is 4.80 Å². The lowest BCUT2D eigenvalue weighted by atomic mass is 10.2. The Morgan fingerprint density at radius 3 is 1.64 bits per heavy atom. The van der Waals surface area contributed by atoms with Crippen LogP contribution < -0.4 is 14.8 Å². The minimum Gasteiger partial charge on any atom is -0.514 e. The van der Waals surface area contributed by atoms with E-state index in [1.54, 1.807) is 0 Å². The van der Waals surface area contributed by atoms with Gasteiger partial charge in [0.2, 0.25) is 0 Å². The highest BCUT2D eigenvalue weighted by Gasteiger charge is 2.41. The maximum Gasteiger partial charge on any atom is 0.466 e. The minimum atomic E-state index is -3.27. The second kappa shape index (κ2) is 6.18. The average Bonchev–Trinajstić information content (AvgIpc) is 2.58. The van der Waals surface area contributed by atoms with Crippen LogP contribution in [0.4, 0.5) is 0 Å². The summed E-state index contributed by atoms with van der Waals surface area (Å²) in [4.78, 5) is 11.4. The van der Waals surface area contributed by atoms with Crippen LogP contribution in [-0.4, -0.2) is 13.4 Å². The number of rotatable bonds is 4. The molecule has 0 saturated carbocycles. The van der Waals surface area contributed by atoms with E-state index in [0.717, 1.165) is 21.7 Å². The molecule has 0 atom stereocenters. The number of hydrogen-bond acceptors (Lipinski definition) is 2. The van der Waals surface area contributed by atoms with Crippen LogP contribution in [0.15, 0.2) is 84.9 Å². The zero-order valence-electron chi connectivity index (χ0n) is 12.4. The third-order valence-electron chi connectivity index (χ3n) is 3.68. The Balaban J connectivity index is 2.10. The average molecular weight is 306 g/mol. The molecule has 3 heteroatoms. The Morgan fingerprint density at radius 1 is 0.682 bits per heavy atom. The topological polar surface area (TPSA) is 29.5 Å². The maximum absolute atomic E-state index is 11.4. The van der Waals surface area contributed by atoms with Crippen LogP contribution >= 0.6 is 0 Å². The Morgan fingerprint density at radius 2 is 1.14 bits per heavy atom. The van der Waals surface area contributed by atoms with Crippen LogP contribution in [-0.2, 0) is 0 Å². The van der Waals surface area contributed by atoms with Gasteiger partial charge in [-0.3, -0.25) is 0 Å². The molecule has 0 spiro atoms. The first-order valence-corrected chi connectivity index (χ1v) is 9.14.